The second-order valence-corrected chi connectivity index (χ2v) is 4.06. The van der Waals surface area contributed by atoms with E-state index in [1.165, 1.54) is 18.4 Å². The Hall–Kier alpha value is -0.400. The largest absolute Gasteiger partial charge is 0.0843 e. The van der Waals surface area contributed by atoms with Crippen molar-refractivity contribution in [2.45, 2.75) is 32.1 Å². The third-order valence-corrected chi connectivity index (χ3v) is 2.61. The first-order chi connectivity index (χ1) is 6.83. The van der Waals surface area contributed by atoms with E-state index in [1.54, 1.807) is 0 Å². The Kier molecular flexibility index (Phi) is 5.81. The quantitative estimate of drug-likeness (QED) is 0.513. The molecule has 0 saturated heterocycles. The summed E-state index contributed by atoms with van der Waals surface area (Å²) in [5.41, 5.74) is 1.36. The zero-order valence-electron chi connectivity index (χ0n) is 8.13. The minimum absolute atomic E-state index is 0.809. The van der Waals surface area contributed by atoms with Crippen molar-refractivity contribution in [1.82, 2.24) is 0 Å². The molecule has 75 valence electrons. The molecule has 0 fully saturated rings. The lowest BCUT2D eigenvalue weighted by Gasteiger charge is -2.00. The highest BCUT2D eigenvalue weighted by Crippen LogP contribution is 2.12. The number of aryl methyl sites for hydroxylation is 1. The van der Waals surface area contributed by atoms with Crippen LogP contribution >= 0.6 is 23.8 Å². The van der Waals surface area contributed by atoms with Crippen LogP contribution in [-0.4, -0.2) is 5.37 Å². The van der Waals surface area contributed by atoms with Crippen molar-refractivity contribution >= 4 is 29.2 Å². The molecule has 1 rings (SSSR count). The summed E-state index contributed by atoms with van der Waals surface area (Å²) in [7, 11) is 0. The molecule has 0 unspecified atom stereocenters. The average Bonchev–Trinajstić information content (AvgIpc) is 2.21. The number of thiocarbonyl (C=S) groups is 1. The third-order valence-electron chi connectivity index (χ3n) is 2.16. The van der Waals surface area contributed by atoms with E-state index in [2.05, 4.69) is 29.7 Å². The number of halogens is 1. The minimum atomic E-state index is 0.809. The highest BCUT2D eigenvalue weighted by molar-refractivity contribution is 7.78. The van der Waals surface area contributed by atoms with Crippen LogP contribution in [0.5, 0.6) is 0 Å². The summed E-state index contributed by atoms with van der Waals surface area (Å²) in [4.78, 5) is 0. The zero-order chi connectivity index (χ0) is 10.2. The second kappa shape index (κ2) is 6.97. The molecule has 0 bridgehead atoms. The molecular formula is C12H14ClS. The van der Waals surface area contributed by atoms with Crippen molar-refractivity contribution in [2.24, 2.45) is 0 Å². The molecule has 0 nitrogen and oxygen atoms in total. The Morgan fingerprint density at radius 1 is 1.07 bits per heavy atom. The van der Waals surface area contributed by atoms with Gasteiger partial charge in [-0.25, -0.2) is 0 Å². The second-order valence-electron chi connectivity index (χ2n) is 3.33. The van der Waals surface area contributed by atoms with Gasteiger partial charge in [0.1, 0.15) is 0 Å². The van der Waals surface area contributed by atoms with Gasteiger partial charge in [-0.3, -0.25) is 0 Å². The van der Waals surface area contributed by atoms with Gasteiger partial charge in [0.05, 0.1) is 0 Å². The van der Waals surface area contributed by atoms with Crippen LogP contribution in [0.3, 0.4) is 0 Å². The smallest absolute Gasteiger partial charge is 0.0406 e. The summed E-state index contributed by atoms with van der Waals surface area (Å²) >= 11 is 10.4. The fraction of sp³-hybridized carbons (Fsp3) is 0.417. The zero-order valence-corrected chi connectivity index (χ0v) is 9.70. The summed E-state index contributed by atoms with van der Waals surface area (Å²) in [5, 5.41) is 3.55. The van der Waals surface area contributed by atoms with Crippen LogP contribution in [0.1, 0.15) is 31.2 Å². The van der Waals surface area contributed by atoms with E-state index in [0.717, 1.165) is 24.3 Å². The van der Waals surface area contributed by atoms with E-state index in [9.17, 15) is 0 Å². The number of unbranched alkanes of at least 4 members (excludes halogenated alkanes) is 3. The molecule has 0 aromatic heterocycles. The van der Waals surface area contributed by atoms with Crippen LogP contribution in [0.4, 0.5) is 0 Å². The molecule has 14 heavy (non-hydrogen) atoms. The topological polar surface area (TPSA) is 0 Å². The molecule has 0 aliphatic carbocycles. The predicted octanol–water partition coefficient (Wildman–Crippen LogP) is 4.32. The fourth-order valence-electron chi connectivity index (χ4n) is 1.35. The standard InChI is InChI=1S/C12H14ClS/c13-12-8-6-11(7-9-12)5-3-1-2-4-10-14/h6-9H,1-5H2. The first-order valence-corrected chi connectivity index (χ1v) is 5.71. The maximum atomic E-state index is 5.79. The first-order valence-electron chi connectivity index (χ1n) is 4.92. The molecule has 0 aliphatic rings. The van der Waals surface area contributed by atoms with E-state index in [1.807, 2.05) is 12.1 Å². The van der Waals surface area contributed by atoms with E-state index < -0.39 is 0 Å². The van der Waals surface area contributed by atoms with E-state index in [0.29, 0.717) is 0 Å². The highest BCUT2D eigenvalue weighted by Gasteiger charge is 1.93. The Balaban J connectivity index is 2.18. The Labute approximate surface area is 96.3 Å². The molecule has 0 N–H and O–H groups in total. The lowest BCUT2D eigenvalue weighted by molar-refractivity contribution is 0.701. The summed E-state index contributed by atoms with van der Waals surface area (Å²) in [5.74, 6) is 0. The van der Waals surface area contributed by atoms with Crippen LogP contribution < -0.4 is 0 Å². The van der Waals surface area contributed by atoms with Gasteiger partial charge in [0.25, 0.3) is 0 Å². The first kappa shape index (κ1) is 11.7. The SMILES string of the molecule is S=[C]CCCCCc1ccc(Cl)cc1. The van der Waals surface area contributed by atoms with Crippen molar-refractivity contribution in [2.75, 3.05) is 0 Å². The fourth-order valence-corrected chi connectivity index (χ4v) is 1.62. The normalized spacial score (nSPS) is 10.1. The molecule has 1 radical (unpaired) electrons. The van der Waals surface area contributed by atoms with Gasteiger partial charge in [-0.05, 0) is 43.4 Å². The molecule has 0 saturated carbocycles. The van der Waals surface area contributed by atoms with Crippen LogP contribution in [0, 0.1) is 0 Å². The Morgan fingerprint density at radius 3 is 2.43 bits per heavy atom. The van der Waals surface area contributed by atoms with Crippen molar-refractivity contribution in [3.05, 3.63) is 34.9 Å². The van der Waals surface area contributed by atoms with Crippen LogP contribution in [0.15, 0.2) is 24.3 Å². The molecule has 1 aromatic carbocycles. The van der Waals surface area contributed by atoms with Gasteiger partial charge in [-0.1, -0.05) is 42.4 Å². The van der Waals surface area contributed by atoms with Gasteiger partial charge >= 0.3 is 0 Å². The molecule has 0 spiro atoms. The summed E-state index contributed by atoms with van der Waals surface area (Å²) in [6.07, 6.45) is 5.69. The Bertz CT molecular complexity index is 266. The molecule has 0 atom stereocenters. The molecule has 0 aliphatic heterocycles. The number of hydrogen-bond acceptors (Lipinski definition) is 1. The van der Waals surface area contributed by atoms with Crippen LogP contribution in [-0.2, 0) is 6.42 Å². The molecule has 0 amide bonds. The monoisotopic (exact) mass is 225 g/mol. The number of benzene rings is 1. The molecule has 2 heteroatoms. The van der Waals surface area contributed by atoms with Gasteiger partial charge in [-0.2, -0.15) is 0 Å². The summed E-state index contributed by atoms with van der Waals surface area (Å²) in [6, 6.07) is 8.07. The lowest BCUT2D eigenvalue weighted by atomic mass is 10.1. The maximum Gasteiger partial charge on any atom is 0.0406 e. The lowest BCUT2D eigenvalue weighted by Crippen LogP contribution is -1.85. The van der Waals surface area contributed by atoms with Gasteiger partial charge in [0.2, 0.25) is 0 Å². The molecule has 0 heterocycles. The van der Waals surface area contributed by atoms with Crippen molar-refractivity contribution in [1.29, 1.82) is 0 Å². The van der Waals surface area contributed by atoms with Crippen molar-refractivity contribution in [3.8, 4) is 0 Å². The van der Waals surface area contributed by atoms with Crippen molar-refractivity contribution < 1.29 is 0 Å². The van der Waals surface area contributed by atoms with Gasteiger partial charge in [-0.15, -0.1) is 0 Å². The van der Waals surface area contributed by atoms with Crippen LogP contribution in [0.25, 0.3) is 0 Å². The summed E-state index contributed by atoms with van der Waals surface area (Å²) < 4.78 is 0. The molecular weight excluding hydrogens is 212 g/mol. The predicted molar refractivity (Wildman–Crippen MR) is 66.2 cm³/mol. The van der Waals surface area contributed by atoms with Gasteiger partial charge in [0, 0.05) is 10.4 Å². The van der Waals surface area contributed by atoms with Crippen molar-refractivity contribution in [3.63, 3.8) is 0 Å². The Morgan fingerprint density at radius 2 is 1.79 bits per heavy atom. The van der Waals surface area contributed by atoms with Crippen LogP contribution in [0.2, 0.25) is 5.02 Å². The summed E-state index contributed by atoms with van der Waals surface area (Å²) in [6.45, 7) is 0. The van der Waals surface area contributed by atoms with Gasteiger partial charge in [0.15, 0.2) is 0 Å². The highest BCUT2D eigenvalue weighted by atomic mass is 35.5. The molecule has 1 aromatic rings. The minimum Gasteiger partial charge on any atom is -0.0843 e. The average molecular weight is 226 g/mol. The number of hydrogen-bond donors (Lipinski definition) is 0. The van der Waals surface area contributed by atoms with E-state index in [4.69, 9.17) is 11.6 Å². The van der Waals surface area contributed by atoms with E-state index in [-0.39, 0.29) is 0 Å². The maximum absolute atomic E-state index is 5.79. The number of rotatable bonds is 6. The van der Waals surface area contributed by atoms with E-state index >= 15 is 0 Å². The third kappa shape index (κ3) is 4.73. The van der Waals surface area contributed by atoms with Gasteiger partial charge < -0.3 is 0 Å².